The van der Waals surface area contributed by atoms with Crippen LogP contribution in [-0.4, -0.2) is 29.0 Å². The molecule has 1 aromatic rings. The Morgan fingerprint density at radius 2 is 2.35 bits per heavy atom. The van der Waals surface area contributed by atoms with Gasteiger partial charge < -0.3 is 5.73 Å². The van der Waals surface area contributed by atoms with Crippen molar-refractivity contribution in [1.29, 1.82) is 0 Å². The number of nitrogens with zero attached hydrogens (tertiary/aromatic N) is 2. The number of rotatable bonds is 3. The highest BCUT2D eigenvalue weighted by Crippen LogP contribution is 2.25. The van der Waals surface area contributed by atoms with E-state index < -0.39 is 4.92 Å². The summed E-state index contributed by atoms with van der Waals surface area (Å²) in [4.78, 5) is 12.7. The Hall–Kier alpha value is -1.17. The number of hydrogen-bond donors (Lipinski definition) is 1. The van der Waals surface area contributed by atoms with Gasteiger partial charge in [-0.3, -0.25) is 15.0 Å². The van der Waals surface area contributed by atoms with Crippen LogP contribution in [0.15, 0.2) is 18.2 Å². The molecule has 6 heteroatoms. The van der Waals surface area contributed by atoms with Crippen molar-refractivity contribution in [3.63, 3.8) is 0 Å². The highest BCUT2D eigenvalue weighted by molar-refractivity contribution is 6.30. The minimum absolute atomic E-state index is 0.0815. The molecule has 1 saturated heterocycles. The van der Waals surface area contributed by atoms with Crippen LogP contribution >= 0.6 is 11.6 Å². The van der Waals surface area contributed by atoms with Crippen LogP contribution in [0.3, 0.4) is 0 Å². The van der Waals surface area contributed by atoms with Gasteiger partial charge >= 0.3 is 0 Å². The maximum atomic E-state index is 10.9. The van der Waals surface area contributed by atoms with Crippen molar-refractivity contribution in [2.24, 2.45) is 5.73 Å². The van der Waals surface area contributed by atoms with Crippen molar-refractivity contribution in [2.75, 3.05) is 13.1 Å². The van der Waals surface area contributed by atoms with Crippen LogP contribution in [0.25, 0.3) is 0 Å². The van der Waals surface area contributed by atoms with Crippen molar-refractivity contribution in [1.82, 2.24) is 4.90 Å². The lowest BCUT2D eigenvalue weighted by molar-refractivity contribution is -0.385. The Morgan fingerprint density at radius 1 is 1.59 bits per heavy atom. The first-order chi connectivity index (χ1) is 8.06. The fourth-order valence-corrected chi connectivity index (χ4v) is 2.25. The summed E-state index contributed by atoms with van der Waals surface area (Å²) in [5.74, 6) is 0. The number of nitrogens with two attached hydrogens (primary N) is 1. The minimum Gasteiger partial charge on any atom is -0.326 e. The third-order valence-electron chi connectivity index (χ3n) is 2.95. The van der Waals surface area contributed by atoms with Gasteiger partial charge in [-0.25, -0.2) is 0 Å². The maximum Gasteiger partial charge on any atom is 0.275 e. The number of hydrogen-bond acceptors (Lipinski definition) is 4. The quantitative estimate of drug-likeness (QED) is 0.660. The molecule has 0 unspecified atom stereocenters. The molecular formula is C11H14ClN3O2. The largest absolute Gasteiger partial charge is 0.326 e. The van der Waals surface area contributed by atoms with Crippen LogP contribution in [0, 0.1) is 10.1 Å². The van der Waals surface area contributed by atoms with E-state index in [9.17, 15) is 10.1 Å². The van der Waals surface area contributed by atoms with E-state index >= 15 is 0 Å². The van der Waals surface area contributed by atoms with Gasteiger partial charge in [0, 0.05) is 42.3 Å². The molecule has 0 bridgehead atoms. The molecule has 2 rings (SSSR count). The predicted molar refractivity (Wildman–Crippen MR) is 66.0 cm³/mol. The average molecular weight is 256 g/mol. The van der Waals surface area contributed by atoms with Crippen LogP contribution in [0.1, 0.15) is 12.0 Å². The summed E-state index contributed by atoms with van der Waals surface area (Å²) in [7, 11) is 0. The number of benzene rings is 1. The van der Waals surface area contributed by atoms with Crippen molar-refractivity contribution < 1.29 is 4.92 Å². The fraction of sp³-hybridized carbons (Fsp3) is 0.455. The third-order valence-corrected chi connectivity index (χ3v) is 3.18. The van der Waals surface area contributed by atoms with Gasteiger partial charge in [0.1, 0.15) is 0 Å². The van der Waals surface area contributed by atoms with Gasteiger partial charge in [0.2, 0.25) is 0 Å². The second-order valence-corrected chi connectivity index (χ2v) is 4.75. The van der Waals surface area contributed by atoms with Crippen LogP contribution < -0.4 is 5.73 Å². The van der Waals surface area contributed by atoms with Crippen molar-refractivity contribution in [3.8, 4) is 0 Å². The summed E-state index contributed by atoms with van der Waals surface area (Å²) < 4.78 is 0. The zero-order valence-corrected chi connectivity index (χ0v) is 10.1. The smallest absolute Gasteiger partial charge is 0.275 e. The molecule has 92 valence electrons. The van der Waals surface area contributed by atoms with Crippen LogP contribution in [0.4, 0.5) is 5.69 Å². The molecule has 1 fully saturated rings. The second-order valence-electron chi connectivity index (χ2n) is 4.31. The van der Waals surface area contributed by atoms with E-state index in [1.807, 2.05) is 0 Å². The molecule has 1 aromatic carbocycles. The van der Waals surface area contributed by atoms with Crippen LogP contribution in [0.5, 0.6) is 0 Å². The summed E-state index contributed by atoms with van der Waals surface area (Å²) in [6.07, 6.45) is 0.946. The van der Waals surface area contributed by atoms with Gasteiger partial charge in [-0.05, 0) is 18.6 Å². The Morgan fingerprint density at radius 3 is 2.94 bits per heavy atom. The van der Waals surface area contributed by atoms with E-state index in [0.29, 0.717) is 17.1 Å². The molecule has 0 radical (unpaired) electrons. The summed E-state index contributed by atoms with van der Waals surface area (Å²) in [6, 6.07) is 4.97. The highest BCUT2D eigenvalue weighted by Gasteiger charge is 2.22. The van der Waals surface area contributed by atoms with Crippen LogP contribution in [0.2, 0.25) is 5.02 Å². The van der Waals surface area contributed by atoms with Crippen molar-refractivity contribution in [3.05, 3.63) is 38.9 Å². The predicted octanol–water partition coefficient (Wildman–Crippen LogP) is 1.78. The lowest BCUT2D eigenvalue weighted by Crippen LogP contribution is -2.26. The summed E-state index contributed by atoms with van der Waals surface area (Å²) >= 11 is 5.76. The zero-order valence-electron chi connectivity index (χ0n) is 9.30. The summed E-state index contributed by atoms with van der Waals surface area (Å²) in [6.45, 7) is 2.24. The summed E-state index contributed by atoms with van der Waals surface area (Å²) in [5, 5.41) is 11.3. The van der Waals surface area contributed by atoms with E-state index in [1.54, 1.807) is 12.1 Å². The Bertz CT molecular complexity index is 439. The SMILES string of the molecule is N[C@@H]1CCN(Cc2ccc(Cl)cc2[N+](=O)[O-])C1. The number of nitro groups is 1. The van der Waals surface area contributed by atoms with Crippen molar-refractivity contribution in [2.45, 2.75) is 19.0 Å². The number of halogens is 1. The van der Waals surface area contributed by atoms with Gasteiger partial charge in [-0.2, -0.15) is 0 Å². The monoisotopic (exact) mass is 255 g/mol. The fourth-order valence-electron chi connectivity index (χ4n) is 2.09. The molecule has 17 heavy (non-hydrogen) atoms. The molecule has 1 atom stereocenters. The topological polar surface area (TPSA) is 72.4 Å². The molecule has 1 aliphatic heterocycles. The molecule has 0 saturated carbocycles. The molecule has 1 aliphatic rings. The standard InChI is InChI=1S/C11H14ClN3O2/c12-9-2-1-8(11(5-9)15(16)17)6-14-4-3-10(13)7-14/h1-2,5,10H,3-4,6-7,13H2/t10-/m1/s1. The zero-order chi connectivity index (χ0) is 12.4. The molecular weight excluding hydrogens is 242 g/mol. The molecule has 0 amide bonds. The highest BCUT2D eigenvalue weighted by atomic mass is 35.5. The lowest BCUT2D eigenvalue weighted by Gasteiger charge is -2.15. The Kier molecular flexibility index (Phi) is 3.61. The van der Waals surface area contributed by atoms with Gasteiger partial charge in [-0.15, -0.1) is 0 Å². The molecule has 5 nitrogen and oxygen atoms in total. The van der Waals surface area contributed by atoms with E-state index in [4.69, 9.17) is 17.3 Å². The Labute approximate surface area is 104 Å². The summed E-state index contributed by atoms with van der Waals surface area (Å²) in [5.41, 5.74) is 6.57. The van der Waals surface area contributed by atoms with Crippen molar-refractivity contribution >= 4 is 17.3 Å². The molecule has 0 spiro atoms. The minimum atomic E-state index is -0.392. The number of likely N-dealkylation sites (tertiary alicyclic amines) is 1. The first kappa shape index (κ1) is 12.3. The normalized spacial score (nSPS) is 20.7. The van der Waals surface area contributed by atoms with E-state index in [0.717, 1.165) is 19.5 Å². The van der Waals surface area contributed by atoms with Gasteiger partial charge in [0.05, 0.1) is 4.92 Å². The van der Waals surface area contributed by atoms with E-state index in [-0.39, 0.29) is 11.7 Å². The molecule has 1 heterocycles. The Balaban J connectivity index is 2.17. The van der Waals surface area contributed by atoms with Gasteiger partial charge in [0.15, 0.2) is 0 Å². The van der Waals surface area contributed by atoms with E-state index in [2.05, 4.69) is 4.90 Å². The molecule has 0 aromatic heterocycles. The lowest BCUT2D eigenvalue weighted by atomic mass is 10.1. The molecule has 0 aliphatic carbocycles. The molecule has 2 N–H and O–H groups in total. The average Bonchev–Trinajstić information content (AvgIpc) is 2.66. The first-order valence-electron chi connectivity index (χ1n) is 5.47. The van der Waals surface area contributed by atoms with Crippen LogP contribution in [-0.2, 0) is 6.54 Å². The second kappa shape index (κ2) is 5.00. The maximum absolute atomic E-state index is 10.9. The van der Waals surface area contributed by atoms with E-state index in [1.165, 1.54) is 6.07 Å². The van der Waals surface area contributed by atoms with Gasteiger partial charge in [-0.1, -0.05) is 11.6 Å². The number of nitro benzene ring substituents is 1. The van der Waals surface area contributed by atoms with Gasteiger partial charge in [0.25, 0.3) is 5.69 Å². The first-order valence-corrected chi connectivity index (χ1v) is 5.85. The third kappa shape index (κ3) is 2.94.